The van der Waals surface area contributed by atoms with Crippen molar-refractivity contribution in [2.75, 3.05) is 7.11 Å². The Balaban J connectivity index is 2.44. The molecule has 3 heteroatoms. The summed E-state index contributed by atoms with van der Waals surface area (Å²) in [7, 11) is 1.33. The second-order valence-corrected chi connectivity index (χ2v) is 4.41. The first-order chi connectivity index (χ1) is 9.61. The number of carbonyl (C=O) groups is 1. The topological polar surface area (TPSA) is 26.3 Å². The molecule has 2 aromatic carbocycles. The van der Waals surface area contributed by atoms with Crippen molar-refractivity contribution in [2.45, 2.75) is 6.92 Å². The first-order valence-corrected chi connectivity index (χ1v) is 6.23. The second kappa shape index (κ2) is 6.15. The van der Waals surface area contributed by atoms with E-state index in [1.54, 1.807) is 19.1 Å². The van der Waals surface area contributed by atoms with Crippen molar-refractivity contribution in [1.29, 1.82) is 0 Å². The summed E-state index contributed by atoms with van der Waals surface area (Å²) in [5.74, 6) is -0.709. The Morgan fingerprint density at radius 1 is 1.15 bits per heavy atom. The zero-order chi connectivity index (χ0) is 14.5. The summed E-state index contributed by atoms with van der Waals surface area (Å²) in [6.45, 7) is 1.79. The number of carbonyl (C=O) groups excluding carboxylic acids is 1. The number of hydrogen-bond acceptors (Lipinski definition) is 2. The molecular weight excluding hydrogens is 255 g/mol. The zero-order valence-electron chi connectivity index (χ0n) is 11.4. The van der Waals surface area contributed by atoms with Crippen molar-refractivity contribution < 1.29 is 13.9 Å². The molecule has 0 unspecified atom stereocenters. The quantitative estimate of drug-likeness (QED) is 0.620. The standard InChI is InChI=1S/C17H15FO2/c1-12(10-17(19)20-2)14-8-9-16(18)15(11-14)13-6-4-3-5-7-13/h3-11H,1-2H3/b12-10+. The lowest BCUT2D eigenvalue weighted by atomic mass is 9.99. The van der Waals surface area contributed by atoms with Gasteiger partial charge in [-0.1, -0.05) is 36.4 Å². The molecule has 0 spiro atoms. The van der Waals surface area contributed by atoms with Gasteiger partial charge in [0.05, 0.1) is 7.11 Å². The number of halogens is 1. The van der Waals surface area contributed by atoms with Crippen LogP contribution in [-0.2, 0) is 9.53 Å². The molecule has 2 nitrogen and oxygen atoms in total. The van der Waals surface area contributed by atoms with E-state index in [0.717, 1.165) is 16.7 Å². The van der Waals surface area contributed by atoms with Crippen LogP contribution >= 0.6 is 0 Å². The average Bonchev–Trinajstić information content (AvgIpc) is 2.48. The van der Waals surface area contributed by atoms with Crippen LogP contribution in [0.25, 0.3) is 16.7 Å². The number of benzene rings is 2. The Morgan fingerprint density at radius 3 is 2.50 bits per heavy atom. The van der Waals surface area contributed by atoms with Crippen molar-refractivity contribution in [3.05, 3.63) is 66.0 Å². The molecule has 0 radical (unpaired) electrons. The molecule has 0 saturated heterocycles. The van der Waals surface area contributed by atoms with Crippen LogP contribution in [0.15, 0.2) is 54.6 Å². The van der Waals surface area contributed by atoms with Crippen LogP contribution in [0.5, 0.6) is 0 Å². The maximum Gasteiger partial charge on any atom is 0.330 e. The largest absolute Gasteiger partial charge is 0.466 e. The molecule has 0 aliphatic heterocycles. The van der Waals surface area contributed by atoms with E-state index in [4.69, 9.17) is 0 Å². The maximum atomic E-state index is 13.9. The van der Waals surface area contributed by atoms with E-state index >= 15 is 0 Å². The number of rotatable bonds is 3. The fourth-order valence-corrected chi connectivity index (χ4v) is 1.93. The number of methoxy groups -OCH3 is 1. The fraction of sp³-hybridized carbons (Fsp3) is 0.118. The smallest absolute Gasteiger partial charge is 0.330 e. The van der Waals surface area contributed by atoms with Gasteiger partial charge in [-0.15, -0.1) is 0 Å². The van der Waals surface area contributed by atoms with E-state index in [9.17, 15) is 9.18 Å². The highest BCUT2D eigenvalue weighted by atomic mass is 19.1. The average molecular weight is 270 g/mol. The molecule has 2 aromatic rings. The highest BCUT2D eigenvalue weighted by molar-refractivity contribution is 5.91. The van der Waals surface area contributed by atoms with Gasteiger partial charge in [0.2, 0.25) is 0 Å². The van der Waals surface area contributed by atoms with Gasteiger partial charge in [-0.3, -0.25) is 0 Å². The zero-order valence-corrected chi connectivity index (χ0v) is 11.4. The number of esters is 1. The van der Waals surface area contributed by atoms with Gasteiger partial charge in [0, 0.05) is 11.6 Å². The van der Waals surface area contributed by atoms with Gasteiger partial charge in [0.1, 0.15) is 5.82 Å². The van der Waals surface area contributed by atoms with Crippen LogP contribution in [0, 0.1) is 5.82 Å². The van der Waals surface area contributed by atoms with Crippen molar-refractivity contribution in [3.63, 3.8) is 0 Å². The van der Waals surface area contributed by atoms with Gasteiger partial charge in [0.15, 0.2) is 0 Å². The Labute approximate surface area is 117 Å². The SMILES string of the molecule is COC(=O)/C=C(\C)c1ccc(F)c(-c2ccccc2)c1. The second-order valence-electron chi connectivity index (χ2n) is 4.41. The van der Waals surface area contributed by atoms with E-state index in [0.29, 0.717) is 5.56 Å². The predicted octanol–water partition coefficient (Wildman–Crippen LogP) is 4.07. The van der Waals surface area contributed by atoms with Crippen LogP contribution in [0.2, 0.25) is 0 Å². The molecule has 0 N–H and O–H groups in total. The van der Waals surface area contributed by atoms with Gasteiger partial charge in [0.25, 0.3) is 0 Å². The third kappa shape index (κ3) is 3.12. The van der Waals surface area contributed by atoms with Crippen LogP contribution in [0.1, 0.15) is 12.5 Å². The third-order valence-electron chi connectivity index (χ3n) is 3.04. The molecular formula is C17H15FO2. The summed E-state index contributed by atoms with van der Waals surface area (Å²) in [6.07, 6.45) is 1.39. The lowest BCUT2D eigenvalue weighted by Gasteiger charge is -2.07. The van der Waals surface area contributed by atoms with Crippen molar-refractivity contribution in [3.8, 4) is 11.1 Å². The molecule has 102 valence electrons. The predicted molar refractivity (Wildman–Crippen MR) is 77.5 cm³/mol. The minimum Gasteiger partial charge on any atom is -0.466 e. The molecule has 0 fully saturated rings. The number of allylic oxidation sites excluding steroid dienone is 1. The van der Waals surface area contributed by atoms with Gasteiger partial charge in [-0.2, -0.15) is 0 Å². The van der Waals surface area contributed by atoms with Crippen molar-refractivity contribution >= 4 is 11.5 Å². The van der Waals surface area contributed by atoms with E-state index < -0.39 is 5.97 Å². The molecule has 0 amide bonds. The third-order valence-corrected chi connectivity index (χ3v) is 3.04. The minimum atomic E-state index is -0.423. The summed E-state index contributed by atoms with van der Waals surface area (Å²) in [6, 6.07) is 14.1. The van der Waals surface area contributed by atoms with E-state index in [1.807, 2.05) is 30.3 Å². The van der Waals surface area contributed by atoms with E-state index in [-0.39, 0.29) is 5.82 Å². The Kier molecular flexibility index (Phi) is 4.31. The molecule has 0 bridgehead atoms. The molecule has 0 aromatic heterocycles. The molecule has 2 rings (SSSR count). The Hall–Kier alpha value is -2.42. The molecule has 0 heterocycles. The van der Waals surface area contributed by atoms with Gasteiger partial charge in [-0.25, -0.2) is 9.18 Å². The van der Waals surface area contributed by atoms with E-state index in [2.05, 4.69) is 4.74 Å². The van der Waals surface area contributed by atoms with Gasteiger partial charge < -0.3 is 4.74 Å². The van der Waals surface area contributed by atoms with Crippen molar-refractivity contribution in [2.24, 2.45) is 0 Å². The summed E-state index contributed by atoms with van der Waals surface area (Å²) >= 11 is 0. The van der Waals surface area contributed by atoms with Crippen molar-refractivity contribution in [1.82, 2.24) is 0 Å². The molecule has 0 atom stereocenters. The number of hydrogen-bond donors (Lipinski definition) is 0. The summed E-state index contributed by atoms with van der Waals surface area (Å²) in [5, 5.41) is 0. The summed E-state index contributed by atoms with van der Waals surface area (Å²) < 4.78 is 18.5. The molecule has 0 aliphatic rings. The van der Waals surface area contributed by atoms with Gasteiger partial charge in [-0.05, 0) is 35.8 Å². The highest BCUT2D eigenvalue weighted by Crippen LogP contribution is 2.26. The van der Waals surface area contributed by atoms with Crippen LogP contribution in [0.4, 0.5) is 4.39 Å². The monoisotopic (exact) mass is 270 g/mol. The first-order valence-electron chi connectivity index (χ1n) is 6.23. The minimum absolute atomic E-state index is 0.286. The lowest BCUT2D eigenvalue weighted by molar-refractivity contribution is -0.134. The maximum absolute atomic E-state index is 13.9. The first kappa shape index (κ1) is 14.0. The summed E-state index contributed by atoms with van der Waals surface area (Å²) in [4.78, 5) is 11.2. The lowest BCUT2D eigenvalue weighted by Crippen LogP contribution is -1.96. The fourth-order valence-electron chi connectivity index (χ4n) is 1.93. The normalized spacial score (nSPS) is 11.2. The number of ether oxygens (including phenoxy) is 1. The van der Waals surface area contributed by atoms with Crippen LogP contribution < -0.4 is 0 Å². The molecule has 0 aliphatic carbocycles. The Bertz CT molecular complexity index is 645. The van der Waals surface area contributed by atoms with Gasteiger partial charge >= 0.3 is 5.97 Å². The Morgan fingerprint density at radius 2 is 1.85 bits per heavy atom. The van der Waals surface area contributed by atoms with E-state index in [1.165, 1.54) is 19.3 Å². The van der Waals surface area contributed by atoms with Crippen LogP contribution in [-0.4, -0.2) is 13.1 Å². The molecule has 0 saturated carbocycles. The highest BCUT2D eigenvalue weighted by Gasteiger charge is 2.08. The molecule has 20 heavy (non-hydrogen) atoms. The van der Waals surface area contributed by atoms with Crippen LogP contribution in [0.3, 0.4) is 0 Å². The summed E-state index contributed by atoms with van der Waals surface area (Å²) in [5.41, 5.74) is 2.84.